The largest absolute Gasteiger partial charge is 0.337 e. The molecule has 1 amide bonds. The fraction of sp³-hybridized carbons (Fsp3) is 0.500. The van der Waals surface area contributed by atoms with Crippen LogP contribution in [0.25, 0.3) is 11.4 Å². The number of carbonyl (C=O) groups excluding carboxylic acids is 1. The van der Waals surface area contributed by atoms with Gasteiger partial charge in [-0.25, -0.2) is 0 Å². The molecule has 1 saturated heterocycles. The standard InChI is InChI=1S/C18H24ClN5O4S/c1-22(2)29(26,27)24-10-8-14(9-11-24)18(25)23(3)12-16-20-17(21-28-16)13-4-6-15(19)7-5-13/h4-7,14H,8-12H2,1-3H3. The lowest BCUT2D eigenvalue weighted by atomic mass is 9.97. The number of halogens is 1. The van der Waals surface area contributed by atoms with E-state index in [1.165, 1.54) is 22.7 Å². The first-order valence-corrected chi connectivity index (χ1v) is 11.0. The minimum Gasteiger partial charge on any atom is -0.337 e. The molecule has 1 aliphatic rings. The summed E-state index contributed by atoms with van der Waals surface area (Å²) in [6, 6.07) is 7.07. The first kappa shape index (κ1) is 21.7. The van der Waals surface area contributed by atoms with E-state index in [9.17, 15) is 13.2 Å². The second-order valence-electron chi connectivity index (χ2n) is 7.18. The summed E-state index contributed by atoms with van der Waals surface area (Å²) in [5.74, 6) is 0.476. The van der Waals surface area contributed by atoms with Gasteiger partial charge in [-0.3, -0.25) is 4.79 Å². The number of hydrogen-bond donors (Lipinski definition) is 0. The van der Waals surface area contributed by atoms with E-state index in [0.717, 1.165) is 5.56 Å². The molecule has 158 valence electrons. The number of nitrogens with zero attached hydrogens (tertiary/aromatic N) is 5. The Kier molecular flexibility index (Phi) is 6.57. The molecule has 2 aromatic rings. The predicted molar refractivity (Wildman–Crippen MR) is 108 cm³/mol. The topological polar surface area (TPSA) is 99.9 Å². The maximum absolute atomic E-state index is 12.7. The molecule has 1 fully saturated rings. The number of benzene rings is 1. The second-order valence-corrected chi connectivity index (χ2v) is 9.76. The quantitative estimate of drug-likeness (QED) is 0.678. The molecule has 0 saturated carbocycles. The summed E-state index contributed by atoms with van der Waals surface area (Å²) < 4.78 is 32.3. The summed E-state index contributed by atoms with van der Waals surface area (Å²) in [4.78, 5) is 18.6. The molecule has 0 atom stereocenters. The van der Waals surface area contributed by atoms with Gasteiger partial charge in [-0.05, 0) is 37.1 Å². The Balaban J connectivity index is 1.57. The number of piperidine rings is 1. The van der Waals surface area contributed by atoms with Crippen LogP contribution < -0.4 is 0 Å². The summed E-state index contributed by atoms with van der Waals surface area (Å²) in [6.07, 6.45) is 0.964. The molecule has 3 rings (SSSR count). The number of carbonyl (C=O) groups is 1. The van der Waals surface area contributed by atoms with E-state index >= 15 is 0 Å². The molecule has 0 aliphatic carbocycles. The minimum atomic E-state index is -3.44. The molecule has 11 heteroatoms. The van der Waals surface area contributed by atoms with Crippen LogP contribution >= 0.6 is 11.6 Å². The maximum atomic E-state index is 12.7. The minimum absolute atomic E-state index is 0.0573. The van der Waals surface area contributed by atoms with Crippen molar-refractivity contribution in [2.45, 2.75) is 19.4 Å². The Labute approximate surface area is 175 Å². The van der Waals surface area contributed by atoms with E-state index in [1.807, 2.05) is 0 Å². The van der Waals surface area contributed by atoms with Gasteiger partial charge in [0.05, 0.1) is 6.54 Å². The van der Waals surface area contributed by atoms with Crippen molar-refractivity contribution >= 4 is 27.7 Å². The summed E-state index contributed by atoms with van der Waals surface area (Å²) in [5.41, 5.74) is 0.771. The lowest BCUT2D eigenvalue weighted by Gasteiger charge is -2.33. The van der Waals surface area contributed by atoms with Crippen LogP contribution in [0.2, 0.25) is 5.02 Å². The number of amides is 1. The first-order valence-electron chi connectivity index (χ1n) is 9.19. The molecule has 0 N–H and O–H groups in total. The van der Waals surface area contributed by atoms with Gasteiger partial charge in [0.25, 0.3) is 10.2 Å². The second kappa shape index (κ2) is 8.78. The highest BCUT2D eigenvalue weighted by Crippen LogP contribution is 2.23. The van der Waals surface area contributed by atoms with E-state index in [1.54, 1.807) is 36.2 Å². The Bertz CT molecular complexity index is 953. The normalized spacial score (nSPS) is 16.3. The average molecular weight is 442 g/mol. The van der Waals surface area contributed by atoms with Gasteiger partial charge in [-0.1, -0.05) is 16.8 Å². The van der Waals surface area contributed by atoms with Crippen LogP contribution in [0, 0.1) is 5.92 Å². The Morgan fingerprint density at radius 3 is 2.41 bits per heavy atom. The van der Waals surface area contributed by atoms with Crippen molar-refractivity contribution in [3.05, 3.63) is 35.2 Å². The molecule has 2 heterocycles. The number of aromatic nitrogens is 2. The lowest BCUT2D eigenvalue weighted by molar-refractivity contribution is -0.136. The average Bonchev–Trinajstić information content (AvgIpc) is 3.16. The highest BCUT2D eigenvalue weighted by atomic mass is 35.5. The first-order chi connectivity index (χ1) is 13.7. The van der Waals surface area contributed by atoms with Crippen LogP contribution in [-0.4, -0.2) is 72.2 Å². The number of hydrogen-bond acceptors (Lipinski definition) is 6. The van der Waals surface area contributed by atoms with Crippen LogP contribution in [0.1, 0.15) is 18.7 Å². The van der Waals surface area contributed by atoms with E-state index in [2.05, 4.69) is 10.1 Å². The van der Waals surface area contributed by atoms with Crippen molar-refractivity contribution in [2.24, 2.45) is 5.92 Å². The van der Waals surface area contributed by atoms with E-state index < -0.39 is 10.2 Å². The molecule has 29 heavy (non-hydrogen) atoms. The third kappa shape index (κ3) is 4.95. The molecule has 1 aromatic carbocycles. The molecule has 0 radical (unpaired) electrons. The van der Waals surface area contributed by atoms with Crippen molar-refractivity contribution in [1.82, 2.24) is 23.7 Å². The fourth-order valence-electron chi connectivity index (χ4n) is 3.19. The van der Waals surface area contributed by atoms with Gasteiger partial charge < -0.3 is 9.42 Å². The highest BCUT2D eigenvalue weighted by molar-refractivity contribution is 7.86. The fourth-order valence-corrected chi connectivity index (χ4v) is 4.45. The van der Waals surface area contributed by atoms with E-state index in [-0.39, 0.29) is 18.4 Å². The maximum Gasteiger partial charge on any atom is 0.281 e. The molecule has 1 aliphatic heterocycles. The monoisotopic (exact) mass is 441 g/mol. The molecule has 0 spiro atoms. The third-order valence-corrected chi connectivity index (χ3v) is 7.10. The SMILES string of the molecule is CN(Cc1nc(-c2ccc(Cl)cc2)no1)C(=O)C1CCN(S(=O)(=O)N(C)C)CC1. The zero-order valence-electron chi connectivity index (χ0n) is 16.6. The number of rotatable bonds is 6. The van der Waals surface area contributed by atoms with Gasteiger partial charge >= 0.3 is 0 Å². The summed E-state index contributed by atoms with van der Waals surface area (Å²) in [5, 5.41) is 4.57. The lowest BCUT2D eigenvalue weighted by Crippen LogP contribution is -2.47. The van der Waals surface area contributed by atoms with Crippen molar-refractivity contribution < 1.29 is 17.7 Å². The van der Waals surface area contributed by atoms with Crippen LogP contribution in [0.3, 0.4) is 0 Å². The summed E-state index contributed by atoms with van der Waals surface area (Å²) >= 11 is 5.88. The summed E-state index contributed by atoms with van der Waals surface area (Å²) in [7, 11) is 1.24. The predicted octanol–water partition coefficient (Wildman–Crippen LogP) is 1.87. The zero-order valence-corrected chi connectivity index (χ0v) is 18.1. The van der Waals surface area contributed by atoms with Gasteiger partial charge in [0.15, 0.2) is 0 Å². The van der Waals surface area contributed by atoms with Crippen LogP contribution in [0.5, 0.6) is 0 Å². The molecule has 0 unspecified atom stereocenters. The molecule has 0 bridgehead atoms. The van der Waals surface area contributed by atoms with Crippen LogP contribution in [0.15, 0.2) is 28.8 Å². The Hall–Kier alpha value is -2.01. The van der Waals surface area contributed by atoms with Gasteiger partial charge in [-0.15, -0.1) is 0 Å². The van der Waals surface area contributed by atoms with E-state index in [0.29, 0.717) is 42.7 Å². The highest BCUT2D eigenvalue weighted by Gasteiger charge is 2.33. The van der Waals surface area contributed by atoms with Crippen molar-refractivity contribution in [3.63, 3.8) is 0 Å². The van der Waals surface area contributed by atoms with Gasteiger partial charge in [0.2, 0.25) is 17.6 Å². The zero-order chi connectivity index (χ0) is 21.2. The molecular weight excluding hydrogens is 418 g/mol. The smallest absolute Gasteiger partial charge is 0.281 e. The van der Waals surface area contributed by atoms with Crippen molar-refractivity contribution in [2.75, 3.05) is 34.2 Å². The van der Waals surface area contributed by atoms with Gasteiger partial charge in [0.1, 0.15) is 0 Å². The molecule has 9 nitrogen and oxygen atoms in total. The van der Waals surface area contributed by atoms with Crippen molar-refractivity contribution in [3.8, 4) is 11.4 Å². The van der Waals surface area contributed by atoms with Gasteiger partial charge in [-0.2, -0.15) is 22.0 Å². The van der Waals surface area contributed by atoms with E-state index in [4.69, 9.17) is 16.1 Å². The van der Waals surface area contributed by atoms with Crippen LogP contribution in [-0.2, 0) is 21.5 Å². The Morgan fingerprint density at radius 2 is 1.83 bits per heavy atom. The molecular formula is C18H24ClN5O4S. The van der Waals surface area contributed by atoms with Gasteiger partial charge in [0, 0.05) is 50.7 Å². The third-order valence-electron chi connectivity index (χ3n) is 4.91. The molecule has 1 aromatic heterocycles. The van der Waals surface area contributed by atoms with Crippen molar-refractivity contribution in [1.29, 1.82) is 0 Å². The Morgan fingerprint density at radius 1 is 1.21 bits per heavy atom. The van der Waals surface area contributed by atoms with Crippen LogP contribution in [0.4, 0.5) is 0 Å². The summed E-state index contributed by atoms with van der Waals surface area (Å²) in [6.45, 7) is 0.841.